The van der Waals surface area contributed by atoms with E-state index in [0.29, 0.717) is 11.3 Å². The van der Waals surface area contributed by atoms with Gasteiger partial charge in [0.05, 0.1) is 5.56 Å². The first-order valence-corrected chi connectivity index (χ1v) is 8.66. The Morgan fingerprint density at radius 2 is 1.71 bits per heavy atom. The van der Waals surface area contributed by atoms with E-state index >= 15 is 0 Å². The van der Waals surface area contributed by atoms with Crippen LogP contribution in [0.4, 0.5) is 23.2 Å². The molecule has 0 saturated heterocycles. The highest BCUT2D eigenvalue weighted by atomic mass is 19.3. The highest BCUT2D eigenvalue weighted by molar-refractivity contribution is 6.02. The van der Waals surface area contributed by atoms with E-state index in [9.17, 15) is 22.4 Å². The molecule has 9 heteroatoms. The van der Waals surface area contributed by atoms with Crippen LogP contribution in [0.1, 0.15) is 34.9 Å². The Kier molecular flexibility index (Phi) is 4.74. The van der Waals surface area contributed by atoms with Crippen LogP contribution in [0.2, 0.25) is 0 Å². The number of alkyl halides is 4. The van der Waals surface area contributed by atoms with Crippen molar-refractivity contribution >= 4 is 11.6 Å². The zero-order chi connectivity index (χ0) is 19.8. The maximum absolute atomic E-state index is 13.0. The molecule has 0 spiro atoms. The van der Waals surface area contributed by atoms with E-state index in [0.717, 1.165) is 18.9 Å². The van der Waals surface area contributed by atoms with Crippen LogP contribution in [0.15, 0.2) is 42.5 Å². The Balaban J connectivity index is 1.76. The molecular weight excluding hydrogens is 380 g/mol. The smallest absolute Gasteiger partial charge is 0.387 e. The highest BCUT2D eigenvalue weighted by Gasteiger charge is 2.43. The summed E-state index contributed by atoms with van der Waals surface area (Å²) < 4.78 is 59.7. The van der Waals surface area contributed by atoms with E-state index in [4.69, 9.17) is 0 Å². The van der Waals surface area contributed by atoms with Gasteiger partial charge in [-0.3, -0.25) is 4.79 Å². The predicted molar refractivity (Wildman–Crippen MR) is 91.7 cm³/mol. The summed E-state index contributed by atoms with van der Waals surface area (Å²) in [6.45, 7) is -6.27. The number of carbonyl (C=O) groups excluding carboxylic acids is 1. The molecule has 2 aromatic carbocycles. The molecule has 1 atom stereocenters. The van der Waals surface area contributed by atoms with Gasteiger partial charge in [-0.25, -0.2) is 0 Å². The van der Waals surface area contributed by atoms with Gasteiger partial charge < -0.3 is 19.7 Å². The number of hydrogen-bond donors (Lipinski definition) is 1. The van der Waals surface area contributed by atoms with Crippen LogP contribution in [-0.4, -0.2) is 30.1 Å². The molecule has 0 radical (unpaired) electrons. The van der Waals surface area contributed by atoms with E-state index in [1.165, 1.54) is 12.1 Å². The lowest BCUT2D eigenvalue weighted by molar-refractivity contribution is -0.0549. The first kappa shape index (κ1) is 18.4. The maximum Gasteiger partial charge on any atom is 0.387 e. The average Bonchev–Trinajstić information content (AvgIpc) is 3.46. The normalized spacial score (nSPS) is 18.9. The van der Waals surface area contributed by atoms with Gasteiger partial charge >= 0.3 is 13.2 Å². The van der Waals surface area contributed by atoms with Gasteiger partial charge in [0.15, 0.2) is 0 Å². The van der Waals surface area contributed by atoms with E-state index in [2.05, 4.69) is 14.8 Å². The van der Waals surface area contributed by atoms with E-state index < -0.39 is 19.4 Å². The predicted octanol–water partition coefficient (Wildman–Crippen LogP) is 4.62. The third-order valence-corrected chi connectivity index (χ3v) is 4.62. The van der Waals surface area contributed by atoms with E-state index in [1.807, 2.05) is 0 Å². The average molecular weight is 396 g/mol. The lowest BCUT2D eigenvalue weighted by atomic mass is 10.0. The van der Waals surface area contributed by atoms with Crippen LogP contribution in [0.5, 0.6) is 11.5 Å². The number of halogens is 4. The van der Waals surface area contributed by atoms with Gasteiger partial charge in [-0.1, -0.05) is 12.1 Å². The fourth-order valence-corrected chi connectivity index (χ4v) is 3.34. The van der Waals surface area contributed by atoms with Crippen molar-refractivity contribution < 1.29 is 31.8 Å². The SMILES string of the molecule is O=C1c2ccccc2N[C@@H](c2ccc(OC(F)F)cc2OC(F)F)N1C1CC1. The van der Waals surface area contributed by atoms with Gasteiger partial charge in [0, 0.05) is 23.4 Å². The number of benzene rings is 2. The quantitative estimate of drug-likeness (QED) is 0.724. The summed E-state index contributed by atoms with van der Waals surface area (Å²) in [5.41, 5.74) is 1.28. The Labute approximate surface area is 157 Å². The number of fused-ring (bicyclic) bond motifs is 1. The first-order chi connectivity index (χ1) is 13.4. The minimum Gasteiger partial charge on any atom is -0.435 e. The summed E-state index contributed by atoms with van der Waals surface area (Å²) in [6, 6.07) is 10.4. The number of amides is 1. The van der Waals surface area contributed by atoms with Gasteiger partial charge in [-0.05, 0) is 37.1 Å². The van der Waals surface area contributed by atoms with Gasteiger partial charge in [0.2, 0.25) is 0 Å². The molecule has 2 aliphatic rings. The van der Waals surface area contributed by atoms with E-state index in [-0.39, 0.29) is 29.0 Å². The third-order valence-electron chi connectivity index (χ3n) is 4.62. The fourth-order valence-electron chi connectivity index (χ4n) is 3.34. The maximum atomic E-state index is 13.0. The molecule has 0 unspecified atom stereocenters. The summed E-state index contributed by atoms with van der Waals surface area (Å²) >= 11 is 0. The molecule has 0 aromatic heterocycles. The highest BCUT2D eigenvalue weighted by Crippen LogP contribution is 2.43. The van der Waals surface area contributed by atoms with Crippen molar-refractivity contribution in [3.8, 4) is 11.5 Å². The molecular formula is C19H16F4N2O3. The number of anilines is 1. The van der Waals surface area contributed by atoms with Crippen molar-refractivity contribution in [1.29, 1.82) is 0 Å². The van der Waals surface area contributed by atoms with Crippen LogP contribution in [0.25, 0.3) is 0 Å². The minimum absolute atomic E-state index is 0.0326. The molecule has 4 rings (SSSR count). The summed E-state index contributed by atoms with van der Waals surface area (Å²) in [7, 11) is 0. The summed E-state index contributed by atoms with van der Waals surface area (Å²) in [4.78, 5) is 14.6. The molecule has 1 heterocycles. The lowest BCUT2D eigenvalue weighted by Gasteiger charge is -2.39. The van der Waals surface area contributed by atoms with Crippen molar-refractivity contribution in [1.82, 2.24) is 4.90 Å². The van der Waals surface area contributed by atoms with Crippen molar-refractivity contribution in [3.63, 3.8) is 0 Å². The van der Waals surface area contributed by atoms with Gasteiger partial charge in [-0.2, -0.15) is 17.6 Å². The number of nitrogens with zero attached hydrogens (tertiary/aromatic N) is 1. The van der Waals surface area contributed by atoms with Crippen molar-refractivity contribution in [2.45, 2.75) is 38.3 Å². The topological polar surface area (TPSA) is 50.8 Å². The Hall–Kier alpha value is -2.97. The monoisotopic (exact) mass is 396 g/mol. The molecule has 1 N–H and O–H groups in total. The number of para-hydroxylation sites is 1. The lowest BCUT2D eigenvalue weighted by Crippen LogP contribution is -2.44. The standard InChI is InChI=1S/C19H16F4N2O3/c20-18(21)27-11-7-8-13(15(9-11)28-19(22)23)16-24-14-4-2-1-3-12(14)17(26)25(16)10-5-6-10/h1-4,7-10,16,18-19,24H,5-6H2/t16-/m1/s1. The molecule has 1 aliphatic carbocycles. The number of nitrogens with one attached hydrogen (secondary N) is 1. The summed E-state index contributed by atoms with van der Waals surface area (Å²) in [6.07, 6.45) is 0.817. The number of hydrogen-bond acceptors (Lipinski definition) is 4. The Morgan fingerprint density at radius 3 is 2.39 bits per heavy atom. The first-order valence-electron chi connectivity index (χ1n) is 8.66. The molecule has 1 aliphatic heterocycles. The minimum atomic E-state index is -3.17. The van der Waals surface area contributed by atoms with Gasteiger partial charge in [-0.15, -0.1) is 0 Å². The largest absolute Gasteiger partial charge is 0.435 e. The van der Waals surface area contributed by atoms with Crippen molar-refractivity contribution in [3.05, 3.63) is 53.6 Å². The van der Waals surface area contributed by atoms with Crippen LogP contribution in [0, 0.1) is 0 Å². The molecule has 1 amide bonds. The van der Waals surface area contributed by atoms with E-state index in [1.54, 1.807) is 29.2 Å². The zero-order valence-electron chi connectivity index (χ0n) is 14.4. The van der Waals surface area contributed by atoms with Crippen LogP contribution in [0.3, 0.4) is 0 Å². The zero-order valence-corrected chi connectivity index (χ0v) is 14.4. The molecule has 1 saturated carbocycles. The van der Waals surface area contributed by atoms with Gasteiger partial charge in [0.25, 0.3) is 5.91 Å². The summed E-state index contributed by atoms with van der Waals surface area (Å²) in [5, 5.41) is 3.18. The number of ether oxygens (including phenoxy) is 2. The van der Waals surface area contributed by atoms with Gasteiger partial charge in [0.1, 0.15) is 17.7 Å². The Morgan fingerprint density at radius 1 is 1.00 bits per heavy atom. The second-order valence-electron chi connectivity index (χ2n) is 6.49. The third kappa shape index (κ3) is 3.56. The number of rotatable bonds is 6. The van der Waals surface area contributed by atoms with Crippen LogP contribution in [-0.2, 0) is 0 Å². The summed E-state index contributed by atoms with van der Waals surface area (Å²) in [5.74, 6) is -0.865. The Bertz CT molecular complexity index is 889. The molecule has 5 nitrogen and oxygen atoms in total. The van der Waals surface area contributed by atoms with Crippen molar-refractivity contribution in [2.24, 2.45) is 0 Å². The van der Waals surface area contributed by atoms with Crippen LogP contribution < -0.4 is 14.8 Å². The molecule has 1 fully saturated rings. The number of carbonyl (C=O) groups is 1. The molecule has 0 bridgehead atoms. The molecule has 148 valence electrons. The van der Waals surface area contributed by atoms with Crippen molar-refractivity contribution in [2.75, 3.05) is 5.32 Å². The second-order valence-corrected chi connectivity index (χ2v) is 6.49. The molecule has 28 heavy (non-hydrogen) atoms. The molecule has 2 aromatic rings. The van der Waals surface area contributed by atoms with Crippen LogP contribution >= 0.6 is 0 Å². The second kappa shape index (κ2) is 7.21. The fraction of sp³-hybridized carbons (Fsp3) is 0.316.